The van der Waals surface area contributed by atoms with E-state index in [9.17, 15) is 9.59 Å². The number of carbonyl (C=O) groups excluding carboxylic acids is 2. The van der Waals surface area contributed by atoms with E-state index in [2.05, 4.69) is 31.4 Å². The van der Waals surface area contributed by atoms with Gasteiger partial charge in [-0.2, -0.15) is 5.26 Å². The van der Waals surface area contributed by atoms with Gasteiger partial charge in [0.05, 0.1) is 16.7 Å². The third-order valence-electron chi connectivity index (χ3n) is 10.3. The van der Waals surface area contributed by atoms with Crippen LogP contribution in [0.25, 0.3) is 0 Å². The third kappa shape index (κ3) is 8.50. The van der Waals surface area contributed by atoms with E-state index in [1.54, 1.807) is 24.3 Å². The normalized spacial score (nSPS) is 23.2. The number of hydrogen-bond donors (Lipinski definition) is 1. The number of carbonyl (C=O) groups is 2. The highest BCUT2D eigenvalue weighted by Crippen LogP contribution is 2.41. The number of nitrogens with one attached hydrogen (secondary N) is 1. The number of amides is 2. The Kier molecular flexibility index (Phi) is 10.3. The Morgan fingerprint density at radius 2 is 1.71 bits per heavy atom. The number of halogens is 1. The average Bonchev–Trinajstić information content (AvgIpc) is 3.05. The minimum atomic E-state index is -0.449. The van der Waals surface area contributed by atoms with Crippen LogP contribution in [0, 0.1) is 22.7 Å². The summed E-state index contributed by atoms with van der Waals surface area (Å²) in [6.07, 6.45) is 7.63. The molecule has 4 fully saturated rings. The first kappa shape index (κ1) is 34.3. The molecule has 2 amide bonds. The quantitative estimate of drug-likeness (QED) is 0.395. The zero-order chi connectivity index (χ0) is 33.9. The second-order valence-electron chi connectivity index (χ2n) is 15.2. The Balaban J connectivity index is 0.875. The summed E-state index contributed by atoms with van der Waals surface area (Å²) in [5.74, 6) is 1.95. The van der Waals surface area contributed by atoms with Gasteiger partial charge in [-0.15, -0.1) is 10.2 Å². The van der Waals surface area contributed by atoms with Gasteiger partial charge in [-0.3, -0.25) is 4.79 Å². The zero-order valence-electron chi connectivity index (χ0n) is 28.4. The second-order valence-corrected chi connectivity index (χ2v) is 15.6. The Hall–Kier alpha value is -3.62. The van der Waals surface area contributed by atoms with Gasteiger partial charge in [-0.05, 0) is 115 Å². The molecule has 3 aliphatic heterocycles. The van der Waals surface area contributed by atoms with Crippen molar-refractivity contribution < 1.29 is 19.1 Å². The van der Waals surface area contributed by atoms with Crippen LogP contribution in [0.2, 0.25) is 5.02 Å². The van der Waals surface area contributed by atoms with E-state index < -0.39 is 5.60 Å². The Labute approximate surface area is 288 Å². The van der Waals surface area contributed by atoms with Gasteiger partial charge in [0.2, 0.25) is 0 Å². The Morgan fingerprint density at radius 1 is 1.00 bits per heavy atom. The van der Waals surface area contributed by atoms with Gasteiger partial charge in [-0.25, -0.2) is 4.79 Å². The van der Waals surface area contributed by atoms with Crippen molar-refractivity contribution in [1.82, 2.24) is 25.3 Å². The van der Waals surface area contributed by atoms with Crippen molar-refractivity contribution in [3.63, 3.8) is 0 Å². The lowest BCUT2D eigenvalue weighted by Crippen LogP contribution is -2.62. The smallest absolute Gasteiger partial charge is 0.410 e. The molecule has 0 bridgehead atoms. The maximum atomic E-state index is 12.9. The number of piperidine rings is 2. The number of ether oxygens (including phenoxy) is 2. The van der Waals surface area contributed by atoms with Crippen LogP contribution in [0.4, 0.5) is 10.6 Å². The molecule has 0 radical (unpaired) electrons. The van der Waals surface area contributed by atoms with Crippen LogP contribution in [0.1, 0.15) is 88.2 Å². The molecular formula is C36H48ClN7O4. The summed E-state index contributed by atoms with van der Waals surface area (Å²) in [7, 11) is 0. The van der Waals surface area contributed by atoms with Crippen molar-refractivity contribution in [3.8, 4) is 11.8 Å². The van der Waals surface area contributed by atoms with Crippen LogP contribution in [0.5, 0.6) is 5.75 Å². The van der Waals surface area contributed by atoms with Crippen LogP contribution in [0.3, 0.4) is 0 Å². The predicted octanol–water partition coefficient (Wildman–Crippen LogP) is 5.67. The van der Waals surface area contributed by atoms with Gasteiger partial charge < -0.3 is 29.5 Å². The minimum Gasteiger partial charge on any atom is -0.490 e. The first-order chi connectivity index (χ1) is 23.0. The second kappa shape index (κ2) is 14.5. The van der Waals surface area contributed by atoms with Crippen LogP contribution >= 0.6 is 11.6 Å². The number of likely N-dealkylation sites (tertiary alicyclic amines) is 2. The molecule has 2 aromatic rings. The standard InChI is InChI=1S/C36H48ClN7O4/c1-35(2,3)48-34(46)44-23-36(24-44)14-18-42(19-15-36)22-25-12-16-43(17-13-25)32-11-10-31(40-41-32)33(45)39-27-5-8-28(9-6-27)47-29-7-4-26(21-38)30(37)20-29/h4,7,10-11,20,25,27-28H,5-6,8-9,12-19,22-24H2,1-3H3,(H,39,45). The van der Waals surface area contributed by atoms with Gasteiger partial charge in [0.25, 0.3) is 5.91 Å². The summed E-state index contributed by atoms with van der Waals surface area (Å²) in [6.45, 7) is 12.6. The van der Waals surface area contributed by atoms with E-state index in [1.165, 1.54) is 0 Å². The molecule has 0 atom stereocenters. The third-order valence-corrected chi connectivity index (χ3v) is 10.6. The number of nitriles is 1. The van der Waals surface area contributed by atoms with Crippen molar-refractivity contribution in [2.45, 2.75) is 89.9 Å². The maximum absolute atomic E-state index is 12.9. The Morgan fingerprint density at radius 3 is 2.31 bits per heavy atom. The summed E-state index contributed by atoms with van der Waals surface area (Å²) in [5.41, 5.74) is 0.591. The molecule has 1 aromatic heterocycles. The SMILES string of the molecule is CC(C)(C)OC(=O)N1CC2(CCN(CC3CCN(c4ccc(C(=O)NC5CCC(Oc6ccc(C#N)c(Cl)c6)CC5)nn4)CC3)CC2)C1. The van der Waals surface area contributed by atoms with E-state index in [4.69, 9.17) is 26.3 Å². The van der Waals surface area contributed by atoms with Crippen molar-refractivity contribution >= 4 is 29.4 Å². The molecule has 1 N–H and O–H groups in total. The van der Waals surface area contributed by atoms with Crippen molar-refractivity contribution in [2.24, 2.45) is 11.3 Å². The summed E-state index contributed by atoms with van der Waals surface area (Å²) < 4.78 is 11.6. The van der Waals surface area contributed by atoms with Crippen molar-refractivity contribution in [1.29, 1.82) is 5.26 Å². The summed E-state index contributed by atoms with van der Waals surface area (Å²) in [4.78, 5) is 32.0. The number of anilines is 1. The van der Waals surface area contributed by atoms with Gasteiger partial charge in [0.1, 0.15) is 17.4 Å². The van der Waals surface area contributed by atoms with E-state index in [0.29, 0.717) is 27.9 Å². The molecule has 0 unspecified atom stereocenters. The number of hydrogen-bond acceptors (Lipinski definition) is 9. The highest BCUT2D eigenvalue weighted by molar-refractivity contribution is 6.31. The maximum Gasteiger partial charge on any atom is 0.410 e. The number of rotatable bonds is 7. The molecule has 6 rings (SSSR count). The largest absolute Gasteiger partial charge is 0.490 e. The predicted molar refractivity (Wildman–Crippen MR) is 183 cm³/mol. The fourth-order valence-electron chi connectivity index (χ4n) is 7.51. The van der Waals surface area contributed by atoms with Gasteiger partial charge >= 0.3 is 6.09 Å². The van der Waals surface area contributed by atoms with Crippen molar-refractivity contribution in [3.05, 3.63) is 46.6 Å². The molecule has 11 nitrogen and oxygen atoms in total. The van der Waals surface area contributed by atoms with Gasteiger partial charge in [-0.1, -0.05) is 11.6 Å². The molecule has 48 heavy (non-hydrogen) atoms. The molecule has 4 heterocycles. The lowest BCUT2D eigenvalue weighted by atomic mass is 9.72. The zero-order valence-corrected chi connectivity index (χ0v) is 29.2. The van der Waals surface area contributed by atoms with Crippen LogP contribution in [-0.4, -0.2) is 95.6 Å². The first-order valence-electron chi connectivity index (χ1n) is 17.4. The average molecular weight is 678 g/mol. The van der Waals surface area contributed by atoms with E-state index in [1.807, 2.05) is 31.7 Å². The first-order valence-corrected chi connectivity index (χ1v) is 17.8. The number of aromatic nitrogens is 2. The molecule has 4 aliphatic rings. The lowest BCUT2D eigenvalue weighted by molar-refractivity contribution is -0.0607. The Bertz CT molecular complexity index is 1480. The monoisotopic (exact) mass is 677 g/mol. The van der Waals surface area contributed by atoms with Gasteiger partial charge in [0, 0.05) is 50.2 Å². The lowest BCUT2D eigenvalue weighted by Gasteiger charge is -2.54. The molecule has 258 valence electrons. The minimum absolute atomic E-state index is 0.0448. The van der Waals surface area contributed by atoms with Crippen LogP contribution in [0.15, 0.2) is 30.3 Å². The fraction of sp³-hybridized carbons (Fsp3) is 0.639. The van der Waals surface area contributed by atoms with Crippen molar-refractivity contribution in [2.75, 3.05) is 50.7 Å². The van der Waals surface area contributed by atoms with Gasteiger partial charge in [0.15, 0.2) is 11.5 Å². The number of nitrogens with zero attached hydrogens (tertiary/aromatic N) is 6. The molecular weight excluding hydrogens is 630 g/mol. The highest BCUT2D eigenvalue weighted by atomic mass is 35.5. The molecule has 1 aliphatic carbocycles. The molecule has 12 heteroatoms. The molecule has 1 saturated carbocycles. The van der Waals surface area contributed by atoms with Crippen LogP contribution in [-0.2, 0) is 4.74 Å². The number of benzene rings is 1. The van der Waals surface area contributed by atoms with E-state index >= 15 is 0 Å². The summed E-state index contributed by atoms with van der Waals surface area (Å²) in [5, 5.41) is 21.3. The summed E-state index contributed by atoms with van der Waals surface area (Å²) in [6, 6.07) is 10.9. The summed E-state index contributed by atoms with van der Waals surface area (Å²) >= 11 is 6.14. The molecule has 3 saturated heterocycles. The fourth-order valence-corrected chi connectivity index (χ4v) is 7.72. The molecule has 1 spiro atoms. The molecule has 1 aromatic carbocycles. The van der Waals surface area contributed by atoms with E-state index in [-0.39, 0.29) is 29.6 Å². The highest BCUT2D eigenvalue weighted by Gasteiger charge is 2.48. The van der Waals surface area contributed by atoms with E-state index in [0.717, 1.165) is 103 Å². The van der Waals surface area contributed by atoms with Crippen LogP contribution < -0.4 is 15.0 Å². The topological polar surface area (TPSA) is 124 Å².